The van der Waals surface area contributed by atoms with Crippen LogP contribution in [-0.4, -0.2) is 5.97 Å². The van der Waals surface area contributed by atoms with Crippen LogP contribution in [0.2, 0.25) is 0 Å². The third kappa shape index (κ3) is 5.57. The Morgan fingerprint density at radius 1 is 0.972 bits per heavy atom. The predicted molar refractivity (Wildman–Crippen MR) is 149 cm³/mol. The maximum Gasteiger partial charge on any atom is 0.313 e. The lowest BCUT2D eigenvalue weighted by atomic mass is 9.82. The molecule has 4 unspecified atom stereocenters. The van der Waals surface area contributed by atoms with Crippen LogP contribution in [0.15, 0.2) is 107 Å². The van der Waals surface area contributed by atoms with Gasteiger partial charge in [-0.25, -0.2) is 0 Å². The number of carbonyl (C=O) groups excluding carboxylic acids is 1. The Morgan fingerprint density at radius 3 is 2.22 bits per heavy atom. The van der Waals surface area contributed by atoms with E-state index < -0.39 is 7.14 Å². The monoisotopic (exact) mass is 500 g/mol. The summed E-state index contributed by atoms with van der Waals surface area (Å²) in [5.41, 5.74) is 2.00. The van der Waals surface area contributed by atoms with E-state index in [0.717, 1.165) is 27.1 Å². The van der Waals surface area contributed by atoms with Gasteiger partial charge in [0.25, 0.3) is 0 Å². The van der Waals surface area contributed by atoms with Crippen molar-refractivity contribution in [1.82, 2.24) is 0 Å². The minimum atomic E-state index is -2.98. The fraction of sp³-hybridized carbons (Fsp3) is 0.344. The van der Waals surface area contributed by atoms with Crippen LogP contribution in [0, 0.1) is 23.7 Å². The highest BCUT2D eigenvalue weighted by molar-refractivity contribution is 7.79. The Bertz CT molecular complexity index is 1230. The molecule has 0 radical (unpaired) electrons. The molecule has 0 heterocycles. The maximum absolute atomic E-state index is 14.9. The number of esters is 1. The number of hydrogen-bond donors (Lipinski definition) is 0. The third-order valence-electron chi connectivity index (χ3n) is 7.48. The van der Waals surface area contributed by atoms with Gasteiger partial charge in [-0.05, 0) is 48.4 Å². The lowest BCUT2D eigenvalue weighted by molar-refractivity contribution is -0.148. The zero-order valence-electron chi connectivity index (χ0n) is 21.8. The number of hydrogen-bond acceptors (Lipinski definition) is 3. The van der Waals surface area contributed by atoms with Crippen LogP contribution in [0.5, 0.6) is 0 Å². The lowest BCUT2D eigenvalue weighted by Crippen LogP contribution is -2.20. The summed E-state index contributed by atoms with van der Waals surface area (Å²) in [4.78, 5) is 12.7. The second-order valence-electron chi connectivity index (χ2n) is 10.3. The Morgan fingerprint density at radius 2 is 1.64 bits per heavy atom. The van der Waals surface area contributed by atoms with Gasteiger partial charge in [0.2, 0.25) is 0 Å². The molecule has 2 aliphatic rings. The van der Waals surface area contributed by atoms with E-state index in [-0.39, 0.29) is 18.5 Å². The number of carbonyl (C=O) groups is 1. The molecular weight excluding hydrogens is 463 g/mol. The van der Waals surface area contributed by atoms with E-state index in [1.165, 1.54) is 0 Å². The standard InChI is InChI=1S/C32H37O3P/c1-23(2)31-20-19-30(21-24(31)3)36(34,28-13-9-6-10-14-28)29-17-15-27(16-18-29)25(4)32(33)35-22-26-11-7-5-8-12-26/h5-15,17,19-21,23-25,31H,16,18,22H2,1-4H3. The van der Waals surface area contributed by atoms with E-state index in [2.05, 4.69) is 39.0 Å². The molecule has 0 aromatic heterocycles. The van der Waals surface area contributed by atoms with Gasteiger partial charge in [-0.1, -0.05) is 117 Å². The van der Waals surface area contributed by atoms with Crippen molar-refractivity contribution in [1.29, 1.82) is 0 Å². The molecule has 36 heavy (non-hydrogen) atoms. The first-order chi connectivity index (χ1) is 17.3. The van der Waals surface area contributed by atoms with Crippen LogP contribution < -0.4 is 5.30 Å². The maximum atomic E-state index is 14.9. The minimum Gasteiger partial charge on any atom is -0.460 e. The molecule has 0 bridgehead atoms. The smallest absolute Gasteiger partial charge is 0.313 e. The van der Waals surface area contributed by atoms with Crippen molar-refractivity contribution in [3.8, 4) is 0 Å². The molecule has 0 N–H and O–H groups in total. The van der Waals surface area contributed by atoms with Gasteiger partial charge in [0.1, 0.15) is 6.61 Å². The second-order valence-corrected chi connectivity index (χ2v) is 13.1. The molecule has 2 aromatic carbocycles. The van der Waals surface area contributed by atoms with Crippen LogP contribution in [0.1, 0.15) is 46.1 Å². The van der Waals surface area contributed by atoms with E-state index in [9.17, 15) is 9.36 Å². The molecule has 0 spiro atoms. The van der Waals surface area contributed by atoms with Crippen molar-refractivity contribution in [2.75, 3.05) is 0 Å². The van der Waals surface area contributed by atoms with Gasteiger partial charge in [0, 0.05) is 10.6 Å². The van der Waals surface area contributed by atoms with Crippen molar-refractivity contribution in [3.05, 3.63) is 113 Å². The Labute approximate surface area is 216 Å². The summed E-state index contributed by atoms with van der Waals surface area (Å²) in [6.45, 7) is 8.87. The summed E-state index contributed by atoms with van der Waals surface area (Å²) in [7, 11) is -2.98. The van der Waals surface area contributed by atoms with Gasteiger partial charge in [-0.3, -0.25) is 4.79 Å². The Balaban J connectivity index is 1.58. The number of benzene rings is 2. The first-order valence-electron chi connectivity index (χ1n) is 13.0. The highest BCUT2D eigenvalue weighted by Crippen LogP contribution is 2.63. The normalized spacial score (nSPS) is 22.2. The summed E-state index contributed by atoms with van der Waals surface area (Å²) in [6.07, 6.45) is 11.9. The fourth-order valence-electron chi connectivity index (χ4n) is 5.25. The molecule has 0 fully saturated rings. The van der Waals surface area contributed by atoms with Crippen LogP contribution in [-0.2, 0) is 20.7 Å². The first kappa shape index (κ1) is 26.2. The lowest BCUT2D eigenvalue weighted by Gasteiger charge is -2.31. The Kier molecular flexibility index (Phi) is 8.32. The topological polar surface area (TPSA) is 43.4 Å². The highest BCUT2D eigenvalue weighted by Gasteiger charge is 2.36. The number of rotatable bonds is 8. The average Bonchev–Trinajstić information content (AvgIpc) is 2.91. The van der Waals surface area contributed by atoms with E-state index in [0.29, 0.717) is 30.6 Å². The second kappa shape index (κ2) is 11.4. The van der Waals surface area contributed by atoms with Crippen molar-refractivity contribution >= 4 is 18.4 Å². The summed E-state index contributed by atoms with van der Waals surface area (Å²) < 4.78 is 20.5. The summed E-state index contributed by atoms with van der Waals surface area (Å²) in [5.74, 6) is 0.764. The van der Waals surface area contributed by atoms with Gasteiger partial charge in [-0.15, -0.1) is 0 Å². The molecule has 4 heteroatoms. The number of ether oxygens (including phenoxy) is 1. The summed E-state index contributed by atoms with van der Waals surface area (Å²) in [6, 6.07) is 19.6. The highest BCUT2D eigenvalue weighted by atomic mass is 31.2. The molecule has 2 aromatic rings. The van der Waals surface area contributed by atoms with E-state index in [1.54, 1.807) is 0 Å². The first-order valence-corrected chi connectivity index (χ1v) is 14.7. The van der Waals surface area contributed by atoms with Crippen molar-refractivity contribution < 1.29 is 14.1 Å². The zero-order chi connectivity index (χ0) is 25.7. The number of allylic oxidation sites excluding steroid dienone is 7. The molecule has 3 nitrogen and oxygen atoms in total. The Hall–Kier alpha value is -2.90. The molecular formula is C32H37O3P. The SMILES string of the molecule is CC(C(=O)OCc1ccccc1)C1=CC=C(P(=O)(C2=CC(C)C(C(C)C)C=C2)c2ccccc2)CC1. The third-order valence-corrected chi connectivity index (χ3v) is 10.7. The predicted octanol–water partition coefficient (Wildman–Crippen LogP) is 8.02. The van der Waals surface area contributed by atoms with Gasteiger partial charge in [-0.2, -0.15) is 0 Å². The van der Waals surface area contributed by atoms with Crippen LogP contribution >= 0.6 is 7.14 Å². The fourth-order valence-corrected chi connectivity index (χ4v) is 8.26. The van der Waals surface area contributed by atoms with Crippen molar-refractivity contribution in [2.45, 2.75) is 47.1 Å². The van der Waals surface area contributed by atoms with E-state index in [1.807, 2.05) is 79.7 Å². The molecule has 0 amide bonds. The summed E-state index contributed by atoms with van der Waals surface area (Å²) in [5, 5.41) is 2.75. The van der Waals surface area contributed by atoms with Gasteiger partial charge >= 0.3 is 5.97 Å². The molecule has 0 saturated carbocycles. The van der Waals surface area contributed by atoms with E-state index in [4.69, 9.17) is 4.74 Å². The summed E-state index contributed by atoms with van der Waals surface area (Å²) >= 11 is 0. The zero-order valence-corrected chi connectivity index (χ0v) is 22.7. The molecule has 4 atom stereocenters. The molecule has 188 valence electrons. The van der Waals surface area contributed by atoms with Crippen LogP contribution in [0.4, 0.5) is 0 Å². The van der Waals surface area contributed by atoms with Crippen molar-refractivity contribution in [3.63, 3.8) is 0 Å². The van der Waals surface area contributed by atoms with E-state index >= 15 is 0 Å². The minimum absolute atomic E-state index is 0.223. The van der Waals surface area contributed by atoms with Crippen LogP contribution in [0.25, 0.3) is 0 Å². The van der Waals surface area contributed by atoms with Gasteiger partial charge in [0.15, 0.2) is 7.14 Å². The van der Waals surface area contributed by atoms with Crippen molar-refractivity contribution in [2.24, 2.45) is 23.7 Å². The molecule has 0 aliphatic heterocycles. The van der Waals surface area contributed by atoms with Crippen LogP contribution in [0.3, 0.4) is 0 Å². The largest absolute Gasteiger partial charge is 0.460 e. The van der Waals surface area contributed by atoms with Gasteiger partial charge in [0.05, 0.1) is 5.92 Å². The quantitative estimate of drug-likeness (QED) is 0.272. The molecule has 2 aliphatic carbocycles. The molecule has 0 saturated heterocycles. The molecule has 4 rings (SSSR count). The average molecular weight is 501 g/mol. The van der Waals surface area contributed by atoms with Gasteiger partial charge < -0.3 is 9.30 Å².